The lowest BCUT2D eigenvalue weighted by Gasteiger charge is -2.43. The van der Waals surface area contributed by atoms with Crippen molar-refractivity contribution in [1.82, 2.24) is 10.2 Å². The van der Waals surface area contributed by atoms with E-state index in [0.29, 0.717) is 17.9 Å². The van der Waals surface area contributed by atoms with Gasteiger partial charge < -0.3 is 11.1 Å². The zero-order valence-corrected chi connectivity index (χ0v) is 15.1. The van der Waals surface area contributed by atoms with Gasteiger partial charge in [0.05, 0.1) is 0 Å². The highest BCUT2D eigenvalue weighted by molar-refractivity contribution is 5.78. The Morgan fingerprint density at radius 3 is 2.64 bits per heavy atom. The van der Waals surface area contributed by atoms with Crippen molar-refractivity contribution in [3.8, 4) is 0 Å². The van der Waals surface area contributed by atoms with Gasteiger partial charge in [-0.2, -0.15) is 0 Å². The van der Waals surface area contributed by atoms with Crippen LogP contribution in [0.25, 0.3) is 0 Å². The number of nitrogens with one attached hydrogen (secondary N) is 1. The molecule has 2 atom stereocenters. The van der Waals surface area contributed by atoms with Crippen LogP contribution in [0.15, 0.2) is 24.3 Å². The number of carbonyl (C=O) groups is 1. The van der Waals surface area contributed by atoms with Gasteiger partial charge in [-0.15, -0.1) is 0 Å². The summed E-state index contributed by atoms with van der Waals surface area (Å²) in [6, 6.07) is 9.05. The quantitative estimate of drug-likeness (QED) is 0.884. The zero-order chi connectivity index (χ0) is 17.2. The Kier molecular flexibility index (Phi) is 5.09. The molecule has 0 saturated heterocycles. The SMILES string of the molecule is NC1C2CCCC1CC(C(=O)NCCN1CCc3ccccc3C1)C2. The minimum atomic E-state index is 0.192. The fourth-order valence-electron chi connectivity index (χ4n) is 5.23. The largest absolute Gasteiger partial charge is 0.355 e. The van der Waals surface area contributed by atoms with Gasteiger partial charge >= 0.3 is 0 Å². The van der Waals surface area contributed by atoms with Gasteiger partial charge in [-0.25, -0.2) is 0 Å². The summed E-state index contributed by atoms with van der Waals surface area (Å²) in [5.41, 5.74) is 9.26. The topological polar surface area (TPSA) is 58.4 Å². The first-order valence-electron chi connectivity index (χ1n) is 10.0. The molecule has 2 bridgehead atoms. The normalized spacial score (nSPS) is 32.0. The Balaban J connectivity index is 1.23. The summed E-state index contributed by atoms with van der Waals surface area (Å²) in [5, 5.41) is 3.21. The van der Waals surface area contributed by atoms with Gasteiger partial charge in [0.2, 0.25) is 5.91 Å². The average Bonchev–Trinajstić information content (AvgIpc) is 2.61. The van der Waals surface area contributed by atoms with Crippen molar-refractivity contribution in [1.29, 1.82) is 0 Å². The minimum Gasteiger partial charge on any atom is -0.355 e. The Morgan fingerprint density at radius 2 is 1.88 bits per heavy atom. The summed E-state index contributed by atoms with van der Waals surface area (Å²) in [5.74, 6) is 1.60. The van der Waals surface area contributed by atoms with Crippen molar-refractivity contribution in [3.63, 3.8) is 0 Å². The van der Waals surface area contributed by atoms with E-state index >= 15 is 0 Å². The van der Waals surface area contributed by atoms with Gasteiger partial charge in [0.1, 0.15) is 0 Å². The van der Waals surface area contributed by atoms with Crippen molar-refractivity contribution in [2.75, 3.05) is 19.6 Å². The molecule has 136 valence electrons. The van der Waals surface area contributed by atoms with Gasteiger partial charge in [-0.1, -0.05) is 30.7 Å². The molecule has 1 amide bonds. The first-order chi connectivity index (χ1) is 12.2. The van der Waals surface area contributed by atoms with E-state index in [9.17, 15) is 4.79 Å². The highest BCUT2D eigenvalue weighted by atomic mass is 16.1. The molecule has 3 N–H and O–H groups in total. The van der Waals surface area contributed by atoms with Gasteiger partial charge in [-0.05, 0) is 55.1 Å². The monoisotopic (exact) mass is 341 g/mol. The summed E-state index contributed by atoms with van der Waals surface area (Å²) in [6.07, 6.45) is 6.85. The molecule has 0 radical (unpaired) electrons. The smallest absolute Gasteiger partial charge is 0.223 e. The molecule has 1 aromatic rings. The van der Waals surface area contributed by atoms with Crippen LogP contribution >= 0.6 is 0 Å². The second kappa shape index (κ2) is 7.46. The number of rotatable bonds is 4. The van der Waals surface area contributed by atoms with Crippen LogP contribution < -0.4 is 11.1 Å². The molecule has 4 rings (SSSR count). The molecule has 1 heterocycles. The summed E-state index contributed by atoms with van der Waals surface area (Å²) < 4.78 is 0. The predicted octanol–water partition coefficient (Wildman–Crippen LogP) is 2.31. The molecule has 2 fully saturated rings. The molecule has 3 aliphatic rings. The van der Waals surface area contributed by atoms with Crippen LogP contribution in [0.4, 0.5) is 0 Å². The van der Waals surface area contributed by atoms with Crippen molar-refractivity contribution >= 4 is 5.91 Å². The second-order valence-electron chi connectivity index (χ2n) is 8.28. The predicted molar refractivity (Wildman–Crippen MR) is 100.0 cm³/mol. The first-order valence-corrected chi connectivity index (χ1v) is 10.0. The van der Waals surface area contributed by atoms with Gasteiger partial charge in [0.15, 0.2) is 0 Å². The molecule has 0 spiro atoms. The number of hydrogen-bond acceptors (Lipinski definition) is 3. The molecule has 0 aromatic heterocycles. The maximum Gasteiger partial charge on any atom is 0.223 e. The Morgan fingerprint density at radius 1 is 1.16 bits per heavy atom. The van der Waals surface area contributed by atoms with Crippen molar-refractivity contribution in [3.05, 3.63) is 35.4 Å². The fraction of sp³-hybridized carbons (Fsp3) is 0.667. The highest BCUT2D eigenvalue weighted by Crippen LogP contribution is 2.41. The van der Waals surface area contributed by atoms with E-state index in [-0.39, 0.29) is 11.8 Å². The van der Waals surface area contributed by atoms with Crippen LogP contribution in [-0.2, 0) is 17.8 Å². The summed E-state index contributed by atoms with van der Waals surface area (Å²) in [7, 11) is 0. The minimum absolute atomic E-state index is 0.192. The van der Waals surface area contributed by atoms with Crippen LogP contribution in [0.3, 0.4) is 0 Å². The Labute approximate surface area is 151 Å². The van der Waals surface area contributed by atoms with Crippen LogP contribution in [0.5, 0.6) is 0 Å². The van der Waals surface area contributed by atoms with Crippen LogP contribution in [0.2, 0.25) is 0 Å². The molecule has 2 aliphatic carbocycles. The van der Waals surface area contributed by atoms with Gasteiger partial charge in [0, 0.05) is 38.1 Å². The number of benzene rings is 1. The Bertz CT molecular complexity index is 603. The first kappa shape index (κ1) is 17.0. The zero-order valence-electron chi connectivity index (χ0n) is 15.1. The third-order valence-electron chi connectivity index (χ3n) is 6.72. The highest BCUT2D eigenvalue weighted by Gasteiger charge is 2.40. The van der Waals surface area contributed by atoms with E-state index in [4.69, 9.17) is 5.73 Å². The standard InChI is InChI=1S/C21H31N3O/c22-20-16-6-3-7-17(20)13-19(12-16)21(25)23-9-11-24-10-8-15-4-1-2-5-18(15)14-24/h1-2,4-5,16-17,19-20H,3,6-14,22H2,(H,23,25). The van der Waals surface area contributed by atoms with E-state index in [1.165, 1.54) is 30.4 Å². The van der Waals surface area contributed by atoms with Crippen molar-refractivity contribution in [2.45, 2.75) is 51.1 Å². The molecule has 1 aromatic carbocycles. The lowest BCUT2D eigenvalue weighted by atomic mass is 9.65. The number of carbonyl (C=O) groups excluding carboxylic acids is 1. The second-order valence-corrected chi connectivity index (χ2v) is 8.28. The van der Waals surface area contributed by atoms with Gasteiger partial charge in [-0.3, -0.25) is 9.69 Å². The number of nitrogens with zero attached hydrogens (tertiary/aromatic N) is 1. The number of amides is 1. The average molecular weight is 341 g/mol. The van der Waals surface area contributed by atoms with E-state index in [2.05, 4.69) is 34.5 Å². The lowest BCUT2D eigenvalue weighted by molar-refractivity contribution is -0.127. The molecule has 2 unspecified atom stereocenters. The molecule has 1 aliphatic heterocycles. The maximum absolute atomic E-state index is 12.6. The fourth-order valence-corrected chi connectivity index (χ4v) is 5.23. The molecule has 4 heteroatoms. The lowest BCUT2D eigenvalue weighted by Crippen LogP contribution is -2.49. The number of hydrogen-bond donors (Lipinski definition) is 2. The maximum atomic E-state index is 12.6. The summed E-state index contributed by atoms with van der Waals surface area (Å²) in [4.78, 5) is 15.1. The third kappa shape index (κ3) is 3.75. The number of nitrogens with two attached hydrogens (primary N) is 1. The van der Waals surface area contributed by atoms with E-state index in [1.54, 1.807) is 0 Å². The van der Waals surface area contributed by atoms with Crippen LogP contribution in [0.1, 0.15) is 43.2 Å². The molecule has 25 heavy (non-hydrogen) atoms. The Hall–Kier alpha value is -1.39. The molecular weight excluding hydrogens is 310 g/mol. The van der Waals surface area contributed by atoms with E-state index < -0.39 is 0 Å². The van der Waals surface area contributed by atoms with Crippen LogP contribution in [0, 0.1) is 17.8 Å². The molecule has 4 nitrogen and oxygen atoms in total. The van der Waals surface area contributed by atoms with Gasteiger partial charge in [0.25, 0.3) is 0 Å². The van der Waals surface area contributed by atoms with Crippen LogP contribution in [-0.4, -0.2) is 36.5 Å². The summed E-state index contributed by atoms with van der Waals surface area (Å²) >= 11 is 0. The third-order valence-corrected chi connectivity index (χ3v) is 6.72. The molecular formula is C21H31N3O. The van der Waals surface area contributed by atoms with Crippen molar-refractivity contribution in [2.24, 2.45) is 23.5 Å². The van der Waals surface area contributed by atoms with E-state index in [0.717, 1.165) is 45.4 Å². The summed E-state index contributed by atoms with van der Waals surface area (Å²) in [6.45, 7) is 3.81. The number of fused-ring (bicyclic) bond motifs is 3. The van der Waals surface area contributed by atoms with E-state index in [1.807, 2.05) is 0 Å². The molecule has 2 saturated carbocycles. The van der Waals surface area contributed by atoms with Crippen molar-refractivity contribution < 1.29 is 4.79 Å².